The van der Waals surface area contributed by atoms with Gasteiger partial charge in [-0.2, -0.15) is 0 Å². The third-order valence-corrected chi connectivity index (χ3v) is 2.72. The van der Waals surface area contributed by atoms with Crippen molar-refractivity contribution >= 4 is 12.1 Å². The zero-order valence-electron chi connectivity index (χ0n) is 12.6. The van der Waals surface area contributed by atoms with Gasteiger partial charge in [0.05, 0.1) is 0 Å². The summed E-state index contributed by atoms with van der Waals surface area (Å²) >= 11 is 0. The van der Waals surface area contributed by atoms with Crippen molar-refractivity contribution in [1.82, 2.24) is 5.32 Å². The normalized spacial score (nSPS) is 14.1. The van der Waals surface area contributed by atoms with E-state index in [1.54, 1.807) is 20.8 Å². The minimum atomic E-state index is -1.54. The Morgan fingerprint density at radius 3 is 2.14 bits per heavy atom. The van der Waals surface area contributed by atoms with Crippen molar-refractivity contribution < 1.29 is 23.8 Å². The van der Waals surface area contributed by atoms with Crippen molar-refractivity contribution in [2.24, 2.45) is 0 Å². The molecule has 0 aromatic heterocycles. The minimum absolute atomic E-state index is 0.0157. The van der Waals surface area contributed by atoms with Gasteiger partial charge in [0, 0.05) is 6.42 Å². The van der Waals surface area contributed by atoms with E-state index in [0.29, 0.717) is 5.56 Å². The lowest BCUT2D eigenvalue weighted by Crippen LogP contribution is -2.54. The number of ether oxygens (including phenoxy) is 1. The summed E-state index contributed by atoms with van der Waals surface area (Å²) in [5.41, 5.74) is -1.67. The maximum atomic E-state index is 12.9. The molecule has 0 aliphatic heterocycles. The van der Waals surface area contributed by atoms with Gasteiger partial charge in [-0.15, -0.1) is 0 Å². The van der Waals surface area contributed by atoms with Crippen LogP contribution in [0, 0.1) is 5.82 Å². The van der Waals surface area contributed by atoms with E-state index in [-0.39, 0.29) is 6.42 Å². The Morgan fingerprint density at radius 1 is 1.19 bits per heavy atom. The highest BCUT2D eigenvalue weighted by atomic mass is 19.1. The van der Waals surface area contributed by atoms with Crippen molar-refractivity contribution in [1.29, 1.82) is 0 Å². The highest BCUT2D eigenvalue weighted by molar-refractivity contribution is 5.84. The molecule has 0 aliphatic carbocycles. The van der Waals surface area contributed by atoms with Crippen LogP contribution in [0.5, 0.6) is 0 Å². The smallest absolute Gasteiger partial charge is 0.408 e. The Bertz CT molecular complexity index is 521. The third-order valence-electron chi connectivity index (χ3n) is 2.72. The predicted octanol–water partition coefficient (Wildman–Crippen LogP) is 2.74. The topological polar surface area (TPSA) is 75.6 Å². The molecular weight excluding hydrogens is 277 g/mol. The molecule has 1 amide bonds. The zero-order chi connectivity index (χ0) is 16.3. The summed E-state index contributed by atoms with van der Waals surface area (Å²) in [6, 6.07) is 5.44. The number of aliphatic carboxylic acids is 1. The largest absolute Gasteiger partial charge is 0.480 e. The van der Waals surface area contributed by atoms with Gasteiger partial charge in [-0.25, -0.2) is 14.0 Å². The molecule has 0 saturated heterocycles. The number of rotatable bonds is 4. The molecule has 0 saturated carbocycles. The number of hydrogen-bond acceptors (Lipinski definition) is 3. The summed E-state index contributed by atoms with van der Waals surface area (Å²) in [4.78, 5) is 23.2. The van der Waals surface area contributed by atoms with Gasteiger partial charge in [0.25, 0.3) is 0 Å². The van der Waals surface area contributed by atoms with E-state index >= 15 is 0 Å². The Labute approximate surface area is 123 Å². The highest BCUT2D eigenvalue weighted by Gasteiger charge is 2.36. The fraction of sp³-hybridized carbons (Fsp3) is 0.467. The molecule has 0 spiro atoms. The summed E-state index contributed by atoms with van der Waals surface area (Å²) in [7, 11) is 0. The molecule has 1 aromatic carbocycles. The highest BCUT2D eigenvalue weighted by Crippen LogP contribution is 2.16. The molecule has 5 nitrogen and oxygen atoms in total. The first-order chi connectivity index (χ1) is 9.52. The second-order valence-electron chi connectivity index (χ2n) is 6.07. The first-order valence-corrected chi connectivity index (χ1v) is 6.51. The number of hydrogen-bond donors (Lipinski definition) is 2. The van der Waals surface area contributed by atoms with Gasteiger partial charge in [-0.3, -0.25) is 0 Å². The Morgan fingerprint density at radius 2 is 1.71 bits per heavy atom. The van der Waals surface area contributed by atoms with Crippen molar-refractivity contribution in [3.8, 4) is 0 Å². The Hall–Kier alpha value is -2.11. The van der Waals surface area contributed by atoms with Crippen LogP contribution in [-0.4, -0.2) is 28.3 Å². The second-order valence-corrected chi connectivity index (χ2v) is 6.07. The summed E-state index contributed by atoms with van der Waals surface area (Å²) in [5.74, 6) is -1.60. The van der Waals surface area contributed by atoms with Gasteiger partial charge in [-0.1, -0.05) is 12.1 Å². The fourth-order valence-electron chi connectivity index (χ4n) is 1.71. The van der Waals surface area contributed by atoms with Gasteiger partial charge in [0.2, 0.25) is 0 Å². The summed E-state index contributed by atoms with van der Waals surface area (Å²) < 4.78 is 17.9. The molecule has 0 aliphatic rings. The molecule has 6 heteroatoms. The van der Waals surface area contributed by atoms with Gasteiger partial charge in [0.1, 0.15) is 17.0 Å². The SMILES string of the molecule is CC(C)(C)OC(=O)N[C@](C)(Cc1ccc(F)cc1)C(=O)O. The van der Waals surface area contributed by atoms with Crippen molar-refractivity contribution in [3.63, 3.8) is 0 Å². The van der Waals surface area contributed by atoms with Crippen LogP contribution in [0.2, 0.25) is 0 Å². The lowest BCUT2D eigenvalue weighted by Gasteiger charge is -2.28. The molecule has 1 aromatic rings. The van der Waals surface area contributed by atoms with Crippen molar-refractivity contribution in [3.05, 3.63) is 35.6 Å². The summed E-state index contributed by atoms with van der Waals surface area (Å²) in [6.07, 6.45) is -0.795. The molecule has 0 bridgehead atoms. The number of nitrogens with one attached hydrogen (secondary N) is 1. The average molecular weight is 297 g/mol. The molecule has 0 unspecified atom stereocenters. The number of amides is 1. The van der Waals surface area contributed by atoms with E-state index in [2.05, 4.69) is 5.32 Å². The lowest BCUT2D eigenvalue weighted by atomic mass is 9.93. The quantitative estimate of drug-likeness (QED) is 0.896. The zero-order valence-corrected chi connectivity index (χ0v) is 12.6. The number of carbonyl (C=O) groups excluding carboxylic acids is 1. The number of carboxylic acids is 1. The molecule has 0 fully saturated rings. The first-order valence-electron chi connectivity index (χ1n) is 6.51. The maximum absolute atomic E-state index is 12.9. The van der Waals surface area contributed by atoms with Gasteiger partial charge in [-0.05, 0) is 45.4 Å². The monoisotopic (exact) mass is 297 g/mol. The van der Waals surface area contributed by atoms with Crippen LogP contribution in [0.15, 0.2) is 24.3 Å². The second kappa shape index (κ2) is 6.11. The van der Waals surface area contributed by atoms with Gasteiger partial charge >= 0.3 is 12.1 Å². The molecule has 0 radical (unpaired) electrons. The van der Waals surface area contributed by atoms with Crippen molar-refractivity contribution in [2.45, 2.75) is 45.3 Å². The number of carbonyl (C=O) groups is 2. The molecule has 1 rings (SSSR count). The molecule has 0 heterocycles. The van der Waals surface area contributed by atoms with Crippen LogP contribution < -0.4 is 5.32 Å². The number of alkyl carbamates (subject to hydrolysis) is 1. The van der Waals surface area contributed by atoms with Crippen LogP contribution in [0.3, 0.4) is 0 Å². The summed E-state index contributed by atoms with van der Waals surface area (Å²) in [5, 5.41) is 11.7. The molecule has 1 atom stereocenters. The number of benzene rings is 1. The van der Waals surface area contributed by atoms with Crippen LogP contribution in [0.4, 0.5) is 9.18 Å². The lowest BCUT2D eigenvalue weighted by molar-refractivity contribution is -0.144. The molecular formula is C15H20FNO4. The number of carboxylic acid groups (broad SMARTS) is 1. The van der Waals surface area contributed by atoms with Crippen LogP contribution >= 0.6 is 0 Å². The van der Waals surface area contributed by atoms with Crippen LogP contribution in [0.1, 0.15) is 33.3 Å². The van der Waals surface area contributed by atoms with Crippen molar-refractivity contribution in [2.75, 3.05) is 0 Å². The first kappa shape index (κ1) is 16.9. The van der Waals surface area contributed by atoms with E-state index in [9.17, 15) is 19.1 Å². The van der Waals surface area contributed by atoms with Crippen LogP contribution in [0.25, 0.3) is 0 Å². The fourth-order valence-corrected chi connectivity index (χ4v) is 1.71. The van der Waals surface area contributed by atoms with E-state index < -0.39 is 29.0 Å². The average Bonchev–Trinajstić information content (AvgIpc) is 2.29. The van der Waals surface area contributed by atoms with Crippen LogP contribution in [-0.2, 0) is 16.0 Å². The molecule has 116 valence electrons. The molecule has 2 N–H and O–H groups in total. The Kier molecular flexibility index (Phi) is 4.93. The van der Waals surface area contributed by atoms with E-state index in [0.717, 1.165) is 0 Å². The minimum Gasteiger partial charge on any atom is -0.480 e. The summed E-state index contributed by atoms with van der Waals surface area (Å²) in [6.45, 7) is 6.43. The number of halogens is 1. The maximum Gasteiger partial charge on any atom is 0.408 e. The third kappa shape index (κ3) is 5.41. The van der Waals surface area contributed by atoms with Gasteiger partial charge < -0.3 is 15.2 Å². The van der Waals surface area contributed by atoms with E-state index in [1.165, 1.54) is 31.2 Å². The standard InChI is InChI=1S/C15H20FNO4/c1-14(2,3)21-13(20)17-15(4,12(18)19)9-10-5-7-11(16)8-6-10/h5-8H,9H2,1-4H3,(H,17,20)(H,18,19)/t15-/m1/s1. The van der Waals surface area contributed by atoms with Gasteiger partial charge in [0.15, 0.2) is 0 Å². The Balaban J connectivity index is 2.86. The van der Waals surface area contributed by atoms with E-state index in [1.807, 2.05) is 0 Å². The predicted molar refractivity (Wildman–Crippen MR) is 75.5 cm³/mol. The molecule has 21 heavy (non-hydrogen) atoms. The van der Waals surface area contributed by atoms with E-state index in [4.69, 9.17) is 4.74 Å².